The van der Waals surface area contributed by atoms with Crippen molar-refractivity contribution in [2.75, 3.05) is 18.2 Å². The standard InChI is InChI=1S/C16H12ClF3N2O5S/c1-28(26)10-3-5-14(13(7-10)22(24)25)27-8-15(23)21-12-6-9(16(18,19)20)2-4-11(12)17/h2-7H,8H2,1H3,(H,21,23). The Hall–Kier alpha value is -2.66. The van der Waals surface area contributed by atoms with Crippen LogP contribution in [0.1, 0.15) is 5.56 Å². The Bertz CT molecular complexity index is 952. The lowest BCUT2D eigenvalue weighted by molar-refractivity contribution is -0.386. The Morgan fingerprint density at radius 3 is 2.54 bits per heavy atom. The summed E-state index contributed by atoms with van der Waals surface area (Å²) in [6.07, 6.45) is -3.28. The third kappa shape index (κ3) is 5.42. The Morgan fingerprint density at radius 2 is 1.96 bits per heavy atom. The number of rotatable bonds is 6. The van der Waals surface area contributed by atoms with Gasteiger partial charge in [0.25, 0.3) is 5.91 Å². The van der Waals surface area contributed by atoms with Gasteiger partial charge >= 0.3 is 11.9 Å². The molecule has 1 amide bonds. The van der Waals surface area contributed by atoms with Gasteiger partial charge in [0.1, 0.15) is 0 Å². The van der Waals surface area contributed by atoms with Crippen LogP contribution in [0.5, 0.6) is 5.75 Å². The molecule has 7 nitrogen and oxygen atoms in total. The number of nitrogens with one attached hydrogen (secondary N) is 1. The van der Waals surface area contributed by atoms with Crippen molar-refractivity contribution in [2.45, 2.75) is 11.1 Å². The van der Waals surface area contributed by atoms with Crippen molar-refractivity contribution in [3.63, 3.8) is 0 Å². The van der Waals surface area contributed by atoms with Crippen LogP contribution in [-0.2, 0) is 21.8 Å². The SMILES string of the molecule is CS(=O)c1ccc(OCC(=O)Nc2cc(C(F)(F)F)ccc2Cl)c([N+](=O)[O-])c1. The Balaban J connectivity index is 2.13. The normalized spacial score (nSPS) is 12.3. The number of anilines is 1. The van der Waals surface area contributed by atoms with Crippen LogP contribution in [0, 0.1) is 10.1 Å². The first-order valence-corrected chi connectivity index (χ1v) is 9.34. The number of hydrogen-bond acceptors (Lipinski definition) is 5. The summed E-state index contributed by atoms with van der Waals surface area (Å²) in [5.74, 6) is -1.14. The van der Waals surface area contributed by atoms with E-state index in [0.29, 0.717) is 6.07 Å². The van der Waals surface area contributed by atoms with Gasteiger partial charge in [-0.15, -0.1) is 0 Å². The number of carbonyl (C=O) groups is 1. The smallest absolute Gasteiger partial charge is 0.416 e. The third-order valence-electron chi connectivity index (χ3n) is 3.39. The van der Waals surface area contributed by atoms with E-state index in [4.69, 9.17) is 16.3 Å². The molecule has 12 heteroatoms. The van der Waals surface area contributed by atoms with Crippen LogP contribution in [0.3, 0.4) is 0 Å². The summed E-state index contributed by atoms with van der Waals surface area (Å²) < 4.78 is 54.8. The number of benzene rings is 2. The van der Waals surface area contributed by atoms with Crippen LogP contribution in [0.25, 0.3) is 0 Å². The molecule has 1 unspecified atom stereocenters. The van der Waals surface area contributed by atoms with Crippen molar-refractivity contribution in [2.24, 2.45) is 0 Å². The minimum atomic E-state index is -4.62. The van der Waals surface area contributed by atoms with Gasteiger partial charge < -0.3 is 10.1 Å². The summed E-state index contributed by atoms with van der Waals surface area (Å²) in [6.45, 7) is -0.720. The predicted molar refractivity (Wildman–Crippen MR) is 96.0 cm³/mol. The molecule has 0 saturated carbocycles. The first-order chi connectivity index (χ1) is 13.0. The molecule has 0 spiro atoms. The maximum Gasteiger partial charge on any atom is 0.416 e. The molecule has 0 aliphatic rings. The quantitative estimate of drug-likeness (QED) is 0.544. The van der Waals surface area contributed by atoms with E-state index in [2.05, 4.69) is 5.32 Å². The van der Waals surface area contributed by atoms with Gasteiger partial charge in [-0.1, -0.05) is 11.6 Å². The van der Waals surface area contributed by atoms with E-state index < -0.39 is 45.7 Å². The minimum Gasteiger partial charge on any atom is -0.477 e. The van der Waals surface area contributed by atoms with E-state index in [0.717, 1.165) is 18.2 Å². The van der Waals surface area contributed by atoms with Crippen LogP contribution in [-0.4, -0.2) is 27.9 Å². The van der Waals surface area contributed by atoms with Crippen molar-refractivity contribution in [1.82, 2.24) is 0 Å². The molecule has 2 aromatic rings. The summed E-state index contributed by atoms with van der Waals surface area (Å²) in [4.78, 5) is 22.5. The first kappa shape index (κ1) is 21.6. The number of carbonyl (C=O) groups excluding carboxylic acids is 1. The summed E-state index contributed by atoms with van der Waals surface area (Å²) in [5.41, 5.74) is -1.79. The highest BCUT2D eigenvalue weighted by atomic mass is 35.5. The van der Waals surface area contributed by atoms with Crippen molar-refractivity contribution >= 4 is 39.7 Å². The first-order valence-electron chi connectivity index (χ1n) is 7.40. The molecule has 0 radical (unpaired) electrons. The van der Waals surface area contributed by atoms with Gasteiger partial charge in [0.2, 0.25) is 0 Å². The number of ether oxygens (including phenoxy) is 1. The monoisotopic (exact) mass is 436 g/mol. The second-order valence-electron chi connectivity index (χ2n) is 5.37. The highest BCUT2D eigenvalue weighted by molar-refractivity contribution is 7.84. The third-order valence-corrected chi connectivity index (χ3v) is 4.63. The van der Waals surface area contributed by atoms with Crippen LogP contribution >= 0.6 is 11.6 Å². The molecule has 0 saturated heterocycles. The van der Waals surface area contributed by atoms with Gasteiger partial charge in [0, 0.05) is 17.2 Å². The van der Waals surface area contributed by atoms with Gasteiger partial charge in [-0.25, -0.2) is 0 Å². The molecule has 0 bridgehead atoms. The zero-order valence-corrected chi connectivity index (χ0v) is 15.7. The number of nitro benzene ring substituents is 1. The lowest BCUT2D eigenvalue weighted by Crippen LogP contribution is -2.21. The number of nitro groups is 1. The summed E-state index contributed by atoms with van der Waals surface area (Å²) in [6, 6.07) is 5.97. The molecule has 0 aliphatic heterocycles. The number of hydrogen-bond donors (Lipinski definition) is 1. The van der Waals surface area contributed by atoms with Gasteiger partial charge in [-0.05, 0) is 30.3 Å². The second-order valence-corrected chi connectivity index (χ2v) is 7.16. The molecule has 0 heterocycles. The molecule has 0 aromatic heterocycles. The summed E-state index contributed by atoms with van der Waals surface area (Å²) in [7, 11) is -1.46. The number of alkyl halides is 3. The van der Waals surface area contributed by atoms with Crippen LogP contribution < -0.4 is 10.1 Å². The fraction of sp³-hybridized carbons (Fsp3) is 0.188. The number of nitrogens with zero attached hydrogens (tertiary/aromatic N) is 1. The molecule has 0 fully saturated rings. The second kappa shape index (κ2) is 8.57. The van der Waals surface area contributed by atoms with Crippen molar-refractivity contribution < 1.29 is 31.8 Å². The molecule has 150 valence electrons. The lowest BCUT2D eigenvalue weighted by atomic mass is 10.2. The zero-order chi connectivity index (χ0) is 21.1. The lowest BCUT2D eigenvalue weighted by Gasteiger charge is -2.12. The van der Waals surface area contributed by atoms with Crippen molar-refractivity contribution in [3.05, 3.63) is 57.1 Å². The van der Waals surface area contributed by atoms with Crippen molar-refractivity contribution in [1.29, 1.82) is 0 Å². The predicted octanol–water partition coefficient (Wildman–Crippen LogP) is 4.02. The fourth-order valence-electron chi connectivity index (χ4n) is 2.07. The van der Waals surface area contributed by atoms with Crippen LogP contribution in [0.2, 0.25) is 5.02 Å². The van der Waals surface area contributed by atoms with E-state index >= 15 is 0 Å². The minimum absolute atomic E-state index is 0.123. The zero-order valence-electron chi connectivity index (χ0n) is 14.1. The molecule has 28 heavy (non-hydrogen) atoms. The number of amides is 1. The van der Waals surface area contributed by atoms with Crippen LogP contribution in [0.4, 0.5) is 24.5 Å². The van der Waals surface area contributed by atoms with E-state index in [9.17, 15) is 32.3 Å². The Labute approximate surface area is 164 Å². The molecular weight excluding hydrogens is 425 g/mol. The Kier molecular flexibility index (Phi) is 6.62. The van der Waals surface area contributed by atoms with Crippen molar-refractivity contribution in [3.8, 4) is 5.75 Å². The molecular formula is C16H12ClF3N2O5S. The average molecular weight is 437 g/mol. The topological polar surface area (TPSA) is 98.5 Å². The van der Waals surface area contributed by atoms with Crippen LogP contribution in [0.15, 0.2) is 41.3 Å². The fourth-order valence-corrected chi connectivity index (χ4v) is 2.77. The van der Waals surface area contributed by atoms with E-state index in [1.54, 1.807) is 0 Å². The van der Waals surface area contributed by atoms with Gasteiger partial charge in [0.15, 0.2) is 12.4 Å². The largest absolute Gasteiger partial charge is 0.477 e. The maximum atomic E-state index is 12.7. The number of halogens is 4. The molecule has 1 N–H and O–H groups in total. The molecule has 0 aliphatic carbocycles. The highest BCUT2D eigenvalue weighted by Crippen LogP contribution is 2.34. The summed E-state index contributed by atoms with van der Waals surface area (Å²) in [5, 5.41) is 13.1. The van der Waals surface area contributed by atoms with Gasteiger partial charge in [0.05, 0.1) is 32.0 Å². The average Bonchev–Trinajstić information content (AvgIpc) is 2.60. The van der Waals surface area contributed by atoms with E-state index in [1.165, 1.54) is 18.4 Å². The van der Waals surface area contributed by atoms with Gasteiger partial charge in [-0.2, -0.15) is 13.2 Å². The highest BCUT2D eigenvalue weighted by Gasteiger charge is 2.31. The van der Waals surface area contributed by atoms with E-state index in [1.807, 2.05) is 0 Å². The summed E-state index contributed by atoms with van der Waals surface area (Å²) >= 11 is 5.78. The van der Waals surface area contributed by atoms with Gasteiger partial charge in [-0.3, -0.25) is 19.1 Å². The molecule has 1 atom stereocenters. The maximum absolute atomic E-state index is 12.7. The van der Waals surface area contributed by atoms with E-state index in [-0.39, 0.29) is 21.4 Å². The Morgan fingerprint density at radius 1 is 1.29 bits per heavy atom. The molecule has 2 rings (SSSR count). The molecule has 2 aromatic carbocycles.